The van der Waals surface area contributed by atoms with Crippen molar-refractivity contribution in [2.24, 2.45) is 0 Å². The first-order valence-corrected chi connectivity index (χ1v) is 6.65. The smallest absolute Gasteiger partial charge is 0.330 e. The summed E-state index contributed by atoms with van der Waals surface area (Å²) in [5.74, 6) is -0.0651. The summed E-state index contributed by atoms with van der Waals surface area (Å²) in [5, 5.41) is 10.4. The predicted molar refractivity (Wildman–Crippen MR) is 75.1 cm³/mol. The Morgan fingerprint density at radius 1 is 1.41 bits per heavy atom. The van der Waals surface area contributed by atoms with E-state index < -0.39 is 35.3 Å². The van der Waals surface area contributed by atoms with Gasteiger partial charge >= 0.3 is 5.69 Å². The van der Waals surface area contributed by atoms with E-state index in [-0.39, 0.29) is 12.4 Å². The van der Waals surface area contributed by atoms with Gasteiger partial charge in [0.25, 0.3) is 5.56 Å². The van der Waals surface area contributed by atoms with Crippen LogP contribution in [0.2, 0.25) is 0 Å². The zero-order valence-electron chi connectivity index (χ0n) is 12.9. The molecule has 124 valence electrons. The minimum atomic E-state index is -1.13. The average Bonchev–Trinajstić information content (AvgIpc) is 2.70. The lowest BCUT2D eigenvalue weighted by atomic mass is 9.98. The summed E-state index contributed by atoms with van der Waals surface area (Å²) < 4.78 is 22.1. The lowest BCUT2D eigenvalue weighted by Gasteiger charge is -2.28. The van der Waals surface area contributed by atoms with Crippen LogP contribution in [-0.2, 0) is 14.2 Å². The van der Waals surface area contributed by atoms with E-state index in [4.69, 9.17) is 18.9 Å². The number of aliphatic hydroxyl groups excluding tert-OH is 1. The van der Waals surface area contributed by atoms with Crippen molar-refractivity contribution in [1.29, 1.82) is 0 Å². The van der Waals surface area contributed by atoms with Crippen molar-refractivity contribution in [3.63, 3.8) is 0 Å². The van der Waals surface area contributed by atoms with E-state index in [1.165, 1.54) is 27.5 Å². The molecule has 9 heteroatoms. The Morgan fingerprint density at radius 2 is 2.09 bits per heavy atom. The van der Waals surface area contributed by atoms with Gasteiger partial charge in [0.2, 0.25) is 5.75 Å². The molecule has 0 aromatic carbocycles. The van der Waals surface area contributed by atoms with Crippen LogP contribution in [0.5, 0.6) is 5.75 Å². The van der Waals surface area contributed by atoms with Gasteiger partial charge in [0, 0.05) is 14.2 Å². The van der Waals surface area contributed by atoms with Crippen molar-refractivity contribution >= 4 is 0 Å². The number of aromatic nitrogens is 2. The molecule has 1 aromatic heterocycles. The van der Waals surface area contributed by atoms with Crippen LogP contribution in [0.25, 0.3) is 0 Å². The van der Waals surface area contributed by atoms with Crippen molar-refractivity contribution in [2.45, 2.75) is 31.0 Å². The molecule has 0 radical (unpaired) electrons. The fraction of sp³-hybridized carbons (Fsp3) is 0.692. The summed E-state index contributed by atoms with van der Waals surface area (Å²) in [7, 11) is 4.23. The highest BCUT2D eigenvalue weighted by Gasteiger charge is 2.53. The number of aromatic amines is 1. The Hall–Kier alpha value is -1.68. The summed E-state index contributed by atoms with van der Waals surface area (Å²) in [6.45, 7) is 1.87. The predicted octanol–water partition coefficient (Wildman–Crippen LogP) is -1.14. The summed E-state index contributed by atoms with van der Waals surface area (Å²) in [5.41, 5.74) is -2.32. The second-order valence-electron chi connectivity index (χ2n) is 5.27. The van der Waals surface area contributed by atoms with Crippen LogP contribution >= 0.6 is 0 Å². The molecule has 4 atom stereocenters. The Balaban J connectivity index is 2.46. The van der Waals surface area contributed by atoms with Gasteiger partial charge in [0.05, 0.1) is 19.9 Å². The number of hydrogen-bond acceptors (Lipinski definition) is 7. The Bertz CT molecular complexity index is 640. The SMILES string of the molecule is COC[C@@]1(C)O[C@@H](n2cc(OC)c(=O)[nH]c2=O)[C@@H](O)C1OC. The monoisotopic (exact) mass is 316 g/mol. The minimum absolute atomic E-state index is 0.0651. The van der Waals surface area contributed by atoms with Crippen LogP contribution in [0, 0.1) is 0 Å². The highest BCUT2D eigenvalue weighted by Crippen LogP contribution is 2.38. The fourth-order valence-corrected chi connectivity index (χ4v) is 2.74. The lowest BCUT2D eigenvalue weighted by molar-refractivity contribution is -0.130. The van der Waals surface area contributed by atoms with Gasteiger partial charge in [0.15, 0.2) is 6.23 Å². The maximum Gasteiger partial charge on any atom is 0.330 e. The normalized spacial score (nSPS) is 31.4. The Labute approximate surface area is 126 Å². The van der Waals surface area contributed by atoms with Gasteiger partial charge in [-0.05, 0) is 6.92 Å². The average molecular weight is 316 g/mol. The first kappa shape index (κ1) is 16.7. The molecule has 0 aliphatic carbocycles. The van der Waals surface area contributed by atoms with Gasteiger partial charge in [-0.15, -0.1) is 0 Å². The van der Waals surface area contributed by atoms with E-state index in [0.29, 0.717) is 0 Å². The molecule has 1 aliphatic heterocycles. The minimum Gasteiger partial charge on any atom is -0.490 e. The van der Waals surface area contributed by atoms with Crippen molar-refractivity contribution in [1.82, 2.24) is 9.55 Å². The number of aliphatic hydroxyl groups is 1. The largest absolute Gasteiger partial charge is 0.490 e. The molecule has 1 aliphatic rings. The molecule has 2 heterocycles. The number of nitrogens with zero attached hydrogens (tertiary/aromatic N) is 1. The van der Waals surface area contributed by atoms with E-state index in [2.05, 4.69) is 4.98 Å². The zero-order chi connectivity index (χ0) is 16.5. The molecule has 1 fully saturated rings. The van der Waals surface area contributed by atoms with Gasteiger partial charge < -0.3 is 24.1 Å². The molecule has 9 nitrogen and oxygen atoms in total. The topological polar surface area (TPSA) is 112 Å². The molecule has 2 rings (SSSR count). The van der Waals surface area contributed by atoms with Crippen LogP contribution in [-0.4, -0.2) is 60.4 Å². The summed E-state index contributed by atoms with van der Waals surface area (Å²) in [6, 6.07) is 0. The number of H-pyrrole nitrogens is 1. The molecule has 22 heavy (non-hydrogen) atoms. The van der Waals surface area contributed by atoms with Gasteiger partial charge in [-0.2, -0.15) is 0 Å². The molecular formula is C13H20N2O7. The standard InChI is InChI=1S/C13H20N2O7/c1-13(6-19-2)9(21-4)8(16)11(22-13)15-5-7(20-3)10(17)14-12(15)18/h5,8-9,11,16H,6H2,1-4H3,(H,14,17,18)/t8-,9?,11+,13+/m0/s1. The maximum atomic E-state index is 12.0. The van der Waals surface area contributed by atoms with Crippen LogP contribution in [0.4, 0.5) is 0 Å². The third kappa shape index (κ3) is 2.68. The zero-order valence-corrected chi connectivity index (χ0v) is 12.9. The quantitative estimate of drug-likeness (QED) is 0.706. The van der Waals surface area contributed by atoms with Gasteiger partial charge in [-0.3, -0.25) is 14.3 Å². The second kappa shape index (κ2) is 6.21. The van der Waals surface area contributed by atoms with Gasteiger partial charge in [0.1, 0.15) is 17.8 Å². The number of ether oxygens (including phenoxy) is 4. The van der Waals surface area contributed by atoms with Crippen molar-refractivity contribution in [3.8, 4) is 5.75 Å². The fourth-order valence-electron chi connectivity index (χ4n) is 2.74. The second-order valence-corrected chi connectivity index (χ2v) is 5.27. The molecule has 1 unspecified atom stereocenters. The highest BCUT2D eigenvalue weighted by atomic mass is 16.6. The van der Waals surface area contributed by atoms with E-state index in [0.717, 1.165) is 4.57 Å². The van der Waals surface area contributed by atoms with E-state index in [1.807, 2.05) is 0 Å². The summed E-state index contributed by atoms with van der Waals surface area (Å²) in [4.78, 5) is 25.6. The summed E-state index contributed by atoms with van der Waals surface area (Å²) in [6.07, 6.45) is -1.68. The summed E-state index contributed by atoms with van der Waals surface area (Å²) >= 11 is 0. The van der Waals surface area contributed by atoms with E-state index >= 15 is 0 Å². The number of hydrogen-bond donors (Lipinski definition) is 2. The first-order chi connectivity index (χ1) is 10.4. The van der Waals surface area contributed by atoms with Gasteiger partial charge in [-0.25, -0.2) is 4.79 Å². The van der Waals surface area contributed by atoms with E-state index in [9.17, 15) is 14.7 Å². The Morgan fingerprint density at radius 3 is 2.64 bits per heavy atom. The molecular weight excluding hydrogens is 296 g/mol. The molecule has 1 saturated heterocycles. The van der Waals surface area contributed by atoms with Crippen LogP contribution in [0.15, 0.2) is 15.8 Å². The van der Waals surface area contributed by atoms with Gasteiger partial charge in [-0.1, -0.05) is 0 Å². The molecule has 1 aromatic rings. The van der Waals surface area contributed by atoms with Crippen LogP contribution < -0.4 is 16.0 Å². The van der Waals surface area contributed by atoms with E-state index in [1.54, 1.807) is 6.92 Å². The van der Waals surface area contributed by atoms with Crippen LogP contribution in [0.3, 0.4) is 0 Å². The lowest BCUT2D eigenvalue weighted by Crippen LogP contribution is -2.45. The maximum absolute atomic E-state index is 12.0. The third-order valence-corrected chi connectivity index (χ3v) is 3.71. The number of nitrogens with one attached hydrogen (secondary N) is 1. The molecule has 0 saturated carbocycles. The number of rotatable bonds is 5. The molecule has 2 N–H and O–H groups in total. The third-order valence-electron chi connectivity index (χ3n) is 3.71. The first-order valence-electron chi connectivity index (χ1n) is 6.65. The van der Waals surface area contributed by atoms with Crippen molar-refractivity contribution in [2.75, 3.05) is 27.9 Å². The van der Waals surface area contributed by atoms with Crippen molar-refractivity contribution in [3.05, 3.63) is 27.0 Å². The molecule has 0 amide bonds. The molecule has 0 bridgehead atoms. The van der Waals surface area contributed by atoms with Crippen molar-refractivity contribution < 1.29 is 24.1 Å². The van der Waals surface area contributed by atoms with Crippen LogP contribution in [0.1, 0.15) is 13.2 Å². The number of methoxy groups -OCH3 is 3. The highest BCUT2D eigenvalue weighted by molar-refractivity contribution is 5.13. The Kier molecular flexibility index (Phi) is 4.71. The molecule has 0 spiro atoms.